The fourth-order valence-electron chi connectivity index (χ4n) is 3.82. The van der Waals surface area contributed by atoms with Gasteiger partial charge in [-0.1, -0.05) is 69.3 Å². The number of anilines is 2. The standard InChI is InChI=1S/C24H25NS/c1-5-17-10-8-12-19-20-13-9-15-22(24(20)26-23(17)19)25(4)21-14-7-6-11-18(21)16(2)3/h6-16H,5H2,1-4H3. The second-order valence-corrected chi connectivity index (χ2v) is 8.20. The summed E-state index contributed by atoms with van der Waals surface area (Å²) in [5.41, 5.74) is 5.42. The highest BCUT2D eigenvalue weighted by Crippen LogP contribution is 2.43. The molecule has 0 saturated heterocycles. The Balaban J connectivity index is 1.95. The number of para-hydroxylation sites is 1. The van der Waals surface area contributed by atoms with Gasteiger partial charge in [0.1, 0.15) is 0 Å². The average molecular weight is 360 g/mol. The van der Waals surface area contributed by atoms with Crippen LogP contribution in [0, 0.1) is 0 Å². The van der Waals surface area contributed by atoms with E-state index in [2.05, 4.69) is 93.4 Å². The molecular weight excluding hydrogens is 334 g/mol. The Bertz CT molecular complexity index is 1070. The van der Waals surface area contributed by atoms with Crippen molar-refractivity contribution in [1.82, 2.24) is 0 Å². The molecule has 1 heterocycles. The summed E-state index contributed by atoms with van der Waals surface area (Å²) in [5.74, 6) is 0.502. The Morgan fingerprint density at radius 1 is 0.808 bits per heavy atom. The van der Waals surface area contributed by atoms with Gasteiger partial charge in [0.25, 0.3) is 0 Å². The molecule has 0 amide bonds. The Morgan fingerprint density at radius 2 is 1.46 bits per heavy atom. The molecule has 0 aliphatic heterocycles. The van der Waals surface area contributed by atoms with E-state index in [1.807, 2.05) is 11.3 Å². The van der Waals surface area contributed by atoms with E-state index in [4.69, 9.17) is 0 Å². The monoisotopic (exact) mass is 359 g/mol. The molecule has 132 valence electrons. The van der Waals surface area contributed by atoms with Crippen LogP contribution in [0.3, 0.4) is 0 Å². The minimum Gasteiger partial charge on any atom is -0.343 e. The van der Waals surface area contributed by atoms with Crippen LogP contribution in [0.25, 0.3) is 20.2 Å². The largest absolute Gasteiger partial charge is 0.343 e. The Kier molecular flexibility index (Phi) is 4.46. The topological polar surface area (TPSA) is 3.24 Å². The van der Waals surface area contributed by atoms with Crippen molar-refractivity contribution in [1.29, 1.82) is 0 Å². The molecule has 1 aromatic heterocycles. The van der Waals surface area contributed by atoms with Gasteiger partial charge in [-0.15, -0.1) is 11.3 Å². The molecule has 3 aromatic carbocycles. The number of rotatable bonds is 4. The van der Waals surface area contributed by atoms with Crippen LogP contribution in [-0.2, 0) is 6.42 Å². The summed E-state index contributed by atoms with van der Waals surface area (Å²) < 4.78 is 2.81. The molecule has 26 heavy (non-hydrogen) atoms. The van der Waals surface area contributed by atoms with Crippen molar-refractivity contribution < 1.29 is 0 Å². The summed E-state index contributed by atoms with van der Waals surface area (Å²) in [4.78, 5) is 2.36. The predicted molar refractivity (Wildman–Crippen MR) is 117 cm³/mol. The first-order valence-electron chi connectivity index (χ1n) is 9.37. The summed E-state index contributed by atoms with van der Waals surface area (Å²) in [7, 11) is 2.20. The van der Waals surface area contributed by atoms with E-state index in [9.17, 15) is 0 Å². The van der Waals surface area contributed by atoms with Gasteiger partial charge in [-0.3, -0.25) is 0 Å². The minimum atomic E-state index is 0.502. The third-order valence-electron chi connectivity index (χ3n) is 5.25. The van der Waals surface area contributed by atoms with Gasteiger partial charge in [0.2, 0.25) is 0 Å². The zero-order chi connectivity index (χ0) is 18.3. The number of benzene rings is 3. The summed E-state index contributed by atoms with van der Waals surface area (Å²) in [6.07, 6.45) is 1.07. The van der Waals surface area contributed by atoms with Crippen LogP contribution in [0.5, 0.6) is 0 Å². The Morgan fingerprint density at radius 3 is 2.19 bits per heavy atom. The molecule has 2 heteroatoms. The maximum Gasteiger partial charge on any atom is 0.0592 e. The normalized spacial score (nSPS) is 11.6. The maximum atomic E-state index is 2.36. The van der Waals surface area contributed by atoms with Gasteiger partial charge in [0.15, 0.2) is 0 Å². The van der Waals surface area contributed by atoms with Gasteiger partial charge in [-0.2, -0.15) is 0 Å². The van der Waals surface area contributed by atoms with E-state index in [1.54, 1.807) is 0 Å². The molecule has 0 unspecified atom stereocenters. The highest BCUT2D eigenvalue weighted by atomic mass is 32.1. The second-order valence-electron chi connectivity index (χ2n) is 7.18. The Hall–Kier alpha value is -2.32. The molecule has 0 fully saturated rings. The van der Waals surface area contributed by atoms with Gasteiger partial charge in [0, 0.05) is 28.2 Å². The van der Waals surface area contributed by atoms with E-state index in [-0.39, 0.29) is 0 Å². The third-order valence-corrected chi connectivity index (χ3v) is 6.57. The van der Waals surface area contributed by atoms with Crippen molar-refractivity contribution >= 4 is 42.9 Å². The molecular formula is C24H25NS. The van der Waals surface area contributed by atoms with Gasteiger partial charge >= 0.3 is 0 Å². The van der Waals surface area contributed by atoms with Crippen molar-refractivity contribution in [2.45, 2.75) is 33.1 Å². The number of thiophene rings is 1. The zero-order valence-electron chi connectivity index (χ0n) is 15.9. The number of aryl methyl sites for hydroxylation is 1. The van der Waals surface area contributed by atoms with Crippen LogP contribution in [-0.4, -0.2) is 7.05 Å². The Labute approximate surface area is 159 Å². The molecule has 0 radical (unpaired) electrons. The van der Waals surface area contributed by atoms with Crippen LogP contribution in [0.1, 0.15) is 37.8 Å². The summed E-state index contributed by atoms with van der Waals surface area (Å²) in [6.45, 7) is 6.77. The van der Waals surface area contributed by atoms with E-state index >= 15 is 0 Å². The van der Waals surface area contributed by atoms with Gasteiger partial charge < -0.3 is 4.90 Å². The van der Waals surface area contributed by atoms with Gasteiger partial charge in [-0.05, 0) is 35.6 Å². The summed E-state index contributed by atoms with van der Waals surface area (Å²) in [5, 5.41) is 2.75. The lowest BCUT2D eigenvalue weighted by Gasteiger charge is -2.24. The molecule has 4 aromatic rings. The summed E-state index contributed by atoms with van der Waals surface area (Å²) in [6, 6.07) is 22.2. The third kappa shape index (κ3) is 2.69. The SMILES string of the molecule is CCc1cccc2c1sc1c(N(C)c3ccccc3C(C)C)cccc12. The fourth-order valence-corrected chi connectivity index (χ4v) is 5.25. The van der Waals surface area contributed by atoms with Crippen LogP contribution in [0.2, 0.25) is 0 Å². The predicted octanol–water partition coefficient (Wildman–Crippen LogP) is 7.51. The van der Waals surface area contributed by atoms with Gasteiger partial charge in [0.05, 0.1) is 10.4 Å². The first-order valence-corrected chi connectivity index (χ1v) is 10.2. The quantitative estimate of drug-likeness (QED) is 0.364. The molecule has 0 spiro atoms. The van der Waals surface area contributed by atoms with Crippen molar-refractivity contribution in [3.8, 4) is 0 Å². The highest BCUT2D eigenvalue weighted by Gasteiger charge is 2.16. The van der Waals surface area contributed by atoms with Crippen molar-refractivity contribution in [3.05, 3.63) is 71.8 Å². The molecule has 0 bridgehead atoms. The first kappa shape index (κ1) is 17.1. The van der Waals surface area contributed by atoms with E-state index in [0.29, 0.717) is 5.92 Å². The highest BCUT2D eigenvalue weighted by molar-refractivity contribution is 7.26. The summed E-state index contributed by atoms with van der Waals surface area (Å²) >= 11 is 1.94. The van der Waals surface area contributed by atoms with Crippen molar-refractivity contribution in [3.63, 3.8) is 0 Å². The number of hydrogen-bond donors (Lipinski definition) is 0. The van der Waals surface area contributed by atoms with Crippen LogP contribution in [0.4, 0.5) is 11.4 Å². The molecule has 1 nitrogen and oxygen atoms in total. The van der Waals surface area contributed by atoms with E-state index in [0.717, 1.165) is 6.42 Å². The van der Waals surface area contributed by atoms with Crippen LogP contribution >= 0.6 is 11.3 Å². The molecule has 4 rings (SSSR count). The first-order chi connectivity index (χ1) is 12.6. The lowest BCUT2D eigenvalue weighted by Crippen LogP contribution is -2.12. The number of fused-ring (bicyclic) bond motifs is 3. The number of nitrogens with zero attached hydrogens (tertiary/aromatic N) is 1. The molecule has 0 aliphatic carbocycles. The average Bonchev–Trinajstić information content (AvgIpc) is 3.06. The lowest BCUT2D eigenvalue weighted by molar-refractivity contribution is 0.862. The number of hydrogen-bond acceptors (Lipinski definition) is 2. The van der Waals surface area contributed by atoms with Gasteiger partial charge in [-0.25, -0.2) is 0 Å². The maximum absolute atomic E-state index is 2.36. The smallest absolute Gasteiger partial charge is 0.0592 e. The van der Waals surface area contributed by atoms with Crippen molar-refractivity contribution in [2.75, 3.05) is 11.9 Å². The molecule has 0 saturated carbocycles. The lowest BCUT2D eigenvalue weighted by atomic mass is 10.00. The molecule has 0 N–H and O–H groups in total. The minimum absolute atomic E-state index is 0.502. The van der Waals surface area contributed by atoms with E-state index < -0.39 is 0 Å². The van der Waals surface area contributed by atoms with Crippen LogP contribution in [0.15, 0.2) is 60.7 Å². The van der Waals surface area contributed by atoms with E-state index in [1.165, 1.54) is 42.7 Å². The fraction of sp³-hybridized carbons (Fsp3) is 0.250. The molecule has 0 aliphatic rings. The van der Waals surface area contributed by atoms with Crippen LogP contribution < -0.4 is 4.90 Å². The molecule has 0 atom stereocenters. The zero-order valence-corrected chi connectivity index (χ0v) is 16.7. The second kappa shape index (κ2) is 6.77. The van der Waals surface area contributed by atoms with Crippen molar-refractivity contribution in [2.24, 2.45) is 0 Å².